The largest absolute Gasteiger partial charge is 0.268 e. The number of amides is 2. The molecule has 0 atom stereocenters. The predicted octanol–water partition coefficient (Wildman–Crippen LogP) is 5.49. The van der Waals surface area contributed by atoms with Gasteiger partial charge in [-0.25, -0.2) is 4.90 Å². The first-order valence-corrected chi connectivity index (χ1v) is 9.36. The van der Waals surface area contributed by atoms with E-state index < -0.39 is 0 Å². The van der Waals surface area contributed by atoms with Gasteiger partial charge < -0.3 is 0 Å². The number of benzene rings is 3. The standard InChI is InChI=1S/C23H16BrNO2/c1-15-6-4-9-18(12-15)25-22(26)20-11-3-2-10-19(20)21(23(25)27)14-16-7-5-8-17(24)13-16/h2-14H,1H3. The van der Waals surface area contributed by atoms with Crippen molar-refractivity contribution in [3.8, 4) is 0 Å². The van der Waals surface area contributed by atoms with Crippen molar-refractivity contribution in [3.63, 3.8) is 0 Å². The van der Waals surface area contributed by atoms with Gasteiger partial charge in [0.25, 0.3) is 11.8 Å². The Bertz CT molecular complexity index is 1100. The number of rotatable bonds is 2. The molecule has 0 saturated heterocycles. The first-order valence-electron chi connectivity index (χ1n) is 8.57. The average Bonchev–Trinajstić information content (AvgIpc) is 2.65. The molecule has 0 N–H and O–H groups in total. The summed E-state index contributed by atoms with van der Waals surface area (Å²) in [6, 6.07) is 22.4. The van der Waals surface area contributed by atoms with Crippen LogP contribution < -0.4 is 4.90 Å². The second-order valence-corrected chi connectivity index (χ2v) is 7.36. The summed E-state index contributed by atoms with van der Waals surface area (Å²) in [7, 11) is 0. The van der Waals surface area contributed by atoms with Gasteiger partial charge >= 0.3 is 0 Å². The number of imide groups is 1. The Morgan fingerprint density at radius 2 is 1.56 bits per heavy atom. The SMILES string of the molecule is Cc1cccc(N2C(=O)C(=Cc3cccc(Br)c3)c3ccccc3C2=O)c1. The Hall–Kier alpha value is -2.98. The number of fused-ring (bicyclic) bond motifs is 1. The third-order valence-corrected chi connectivity index (χ3v) is 5.00. The van der Waals surface area contributed by atoms with Crippen LogP contribution in [0.5, 0.6) is 0 Å². The Kier molecular flexibility index (Phi) is 4.50. The number of anilines is 1. The molecule has 0 radical (unpaired) electrons. The van der Waals surface area contributed by atoms with Gasteiger partial charge in [-0.2, -0.15) is 0 Å². The molecule has 1 aliphatic rings. The highest BCUT2D eigenvalue weighted by molar-refractivity contribution is 9.10. The van der Waals surface area contributed by atoms with Gasteiger partial charge in [-0.3, -0.25) is 9.59 Å². The molecule has 0 fully saturated rings. The van der Waals surface area contributed by atoms with Crippen molar-refractivity contribution in [2.75, 3.05) is 4.90 Å². The summed E-state index contributed by atoms with van der Waals surface area (Å²) in [6.45, 7) is 1.94. The molecule has 0 saturated carbocycles. The second-order valence-electron chi connectivity index (χ2n) is 6.44. The summed E-state index contributed by atoms with van der Waals surface area (Å²) in [5, 5.41) is 0. The van der Waals surface area contributed by atoms with Crippen LogP contribution in [-0.4, -0.2) is 11.8 Å². The van der Waals surface area contributed by atoms with Crippen molar-refractivity contribution in [1.82, 2.24) is 0 Å². The number of nitrogens with zero attached hydrogens (tertiary/aromatic N) is 1. The predicted molar refractivity (Wildman–Crippen MR) is 111 cm³/mol. The maximum atomic E-state index is 13.3. The van der Waals surface area contributed by atoms with E-state index in [1.165, 1.54) is 4.90 Å². The van der Waals surface area contributed by atoms with Crippen LogP contribution in [0.25, 0.3) is 11.6 Å². The van der Waals surface area contributed by atoms with Gasteiger partial charge in [0, 0.05) is 15.6 Å². The van der Waals surface area contributed by atoms with Crippen LogP contribution in [-0.2, 0) is 4.79 Å². The highest BCUT2D eigenvalue weighted by Crippen LogP contribution is 2.33. The summed E-state index contributed by atoms with van der Waals surface area (Å²) in [5.41, 5.74) is 4.16. The molecule has 3 aromatic rings. The van der Waals surface area contributed by atoms with Crippen molar-refractivity contribution in [2.24, 2.45) is 0 Å². The molecule has 2 amide bonds. The number of halogens is 1. The van der Waals surface area contributed by atoms with E-state index in [1.807, 2.05) is 73.7 Å². The molecule has 0 aliphatic carbocycles. The maximum Gasteiger partial charge on any atom is 0.265 e. The van der Waals surface area contributed by atoms with Crippen LogP contribution in [0.1, 0.15) is 27.0 Å². The van der Waals surface area contributed by atoms with Crippen LogP contribution in [0, 0.1) is 6.92 Å². The highest BCUT2D eigenvalue weighted by atomic mass is 79.9. The first kappa shape index (κ1) is 17.4. The second kappa shape index (κ2) is 6.97. The molecule has 4 rings (SSSR count). The van der Waals surface area contributed by atoms with E-state index in [0.717, 1.165) is 15.6 Å². The monoisotopic (exact) mass is 417 g/mol. The summed E-state index contributed by atoms with van der Waals surface area (Å²) < 4.78 is 0.931. The van der Waals surface area contributed by atoms with Crippen molar-refractivity contribution in [1.29, 1.82) is 0 Å². The lowest BCUT2D eigenvalue weighted by Crippen LogP contribution is -2.41. The third kappa shape index (κ3) is 3.24. The molecule has 0 spiro atoms. The van der Waals surface area contributed by atoms with E-state index in [0.29, 0.717) is 22.4 Å². The molecule has 1 aliphatic heterocycles. The van der Waals surface area contributed by atoms with Crippen LogP contribution in [0.2, 0.25) is 0 Å². The lowest BCUT2D eigenvalue weighted by molar-refractivity contribution is -0.112. The summed E-state index contributed by atoms with van der Waals surface area (Å²) in [4.78, 5) is 27.6. The summed E-state index contributed by atoms with van der Waals surface area (Å²) >= 11 is 3.46. The molecule has 27 heavy (non-hydrogen) atoms. The smallest absolute Gasteiger partial charge is 0.265 e. The Balaban J connectivity index is 1.91. The van der Waals surface area contributed by atoms with Crippen molar-refractivity contribution >= 4 is 45.1 Å². The number of carbonyl (C=O) groups excluding carboxylic acids is 2. The van der Waals surface area contributed by atoms with E-state index in [9.17, 15) is 9.59 Å². The fourth-order valence-corrected chi connectivity index (χ4v) is 3.67. The van der Waals surface area contributed by atoms with E-state index >= 15 is 0 Å². The van der Waals surface area contributed by atoms with Gasteiger partial charge in [0.2, 0.25) is 0 Å². The van der Waals surface area contributed by atoms with Gasteiger partial charge in [-0.05, 0) is 60.0 Å². The topological polar surface area (TPSA) is 37.4 Å². The van der Waals surface area contributed by atoms with Crippen molar-refractivity contribution in [3.05, 3.63) is 99.5 Å². The van der Waals surface area contributed by atoms with Gasteiger partial charge in [-0.15, -0.1) is 0 Å². The van der Waals surface area contributed by atoms with Gasteiger partial charge in [0.05, 0.1) is 5.69 Å². The Labute approximate surface area is 166 Å². The molecular formula is C23H16BrNO2. The van der Waals surface area contributed by atoms with Gasteiger partial charge in [0.15, 0.2) is 0 Å². The first-order chi connectivity index (χ1) is 13.0. The molecule has 3 aromatic carbocycles. The molecule has 0 bridgehead atoms. The minimum atomic E-state index is -0.315. The number of carbonyl (C=O) groups is 2. The van der Waals surface area contributed by atoms with Crippen molar-refractivity contribution < 1.29 is 9.59 Å². The molecule has 1 heterocycles. The average molecular weight is 418 g/mol. The molecule has 4 heteroatoms. The zero-order valence-electron chi connectivity index (χ0n) is 14.6. The molecule has 3 nitrogen and oxygen atoms in total. The van der Waals surface area contributed by atoms with Crippen LogP contribution in [0.4, 0.5) is 5.69 Å². The van der Waals surface area contributed by atoms with Gasteiger partial charge in [0.1, 0.15) is 0 Å². The summed E-state index contributed by atoms with van der Waals surface area (Å²) in [6.07, 6.45) is 1.83. The normalized spacial score (nSPS) is 15.2. The lowest BCUT2D eigenvalue weighted by Gasteiger charge is -2.29. The van der Waals surface area contributed by atoms with E-state index in [2.05, 4.69) is 15.9 Å². The summed E-state index contributed by atoms with van der Waals surface area (Å²) in [5.74, 6) is -0.614. The maximum absolute atomic E-state index is 13.3. The number of hydrogen-bond acceptors (Lipinski definition) is 2. The van der Waals surface area contributed by atoms with E-state index in [4.69, 9.17) is 0 Å². The molecule has 0 unspecified atom stereocenters. The van der Waals surface area contributed by atoms with Crippen LogP contribution in [0.15, 0.2) is 77.3 Å². The Morgan fingerprint density at radius 1 is 0.815 bits per heavy atom. The number of hydrogen-bond donors (Lipinski definition) is 0. The van der Waals surface area contributed by atoms with Crippen LogP contribution in [0.3, 0.4) is 0 Å². The Morgan fingerprint density at radius 3 is 2.30 bits per heavy atom. The fourth-order valence-electron chi connectivity index (χ4n) is 3.26. The quantitative estimate of drug-likeness (QED) is 0.408. The minimum Gasteiger partial charge on any atom is -0.268 e. The molecule has 132 valence electrons. The van der Waals surface area contributed by atoms with Crippen molar-refractivity contribution in [2.45, 2.75) is 6.92 Å². The number of aryl methyl sites for hydroxylation is 1. The molecule has 0 aromatic heterocycles. The van der Waals surface area contributed by atoms with Gasteiger partial charge in [-0.1, -0.05) is 58.4 Å². The molecular weight excluding hydrogens is 402 g/mol. The van der Waals surface area contributed by atoms with Crippen LogP contribution >= 0.6 is 15.9 Å². The lowest BCUT2D eigenvalue weighted by atomic mass is 9.91. The third-order valence-electron chi connectivity index (χ3n) is 4.50. The minimum absolute atomic E-state index is 0.299. The zero-order chi connectivity index (χ0) is 19.0. The van der Waals surface area contributed by atoms with E-state index in [1.54, 1.807) is 12.1 Å². The van der Waals surface area contributed by atoms with E-state index in [-0.39, 0.29) is 11.8 Å². The highest BCUT2D eigenvalue weighted by Gasteiger charge is 2.35. The zero-order valence-corrected chi connectivity index (χ0v) is 16.2. The fraction of sp³-hybridized carbons (Fsp3) is 0.0435.